The van der Waals surface area contributed by atoms with Crippen LogP contribution in [-0.2, 0) is 0 Å². The zero-order valence-corrected chi connectivity index (χ0v) is 9.74. The third-order valence-corrected chi connectivity index (χ3v) is 2.93. The first-order valence-electron chi connectivity index (χ1n) is 5.88. The molecule has 0 spiro atoms. The summed E-state index contributed by atoms with van der Waals surface area (Å²) < 4.78 is 5.40. The van der Waals surface area contributed by atoms with E-state index in [1.54, 1.807) is 29.4 Å². The Hall–Kier alpha value is -2.24. The van der Waals surface area contributed by atoms with Gasteiger partial charge in [-0.3, -0.25) is 9.78 Å². The van der Waals surface area contributed by atoms with Crippen LogP contribution in [0.4, 0.5) is 0 Å². The van der Waals surface area contributed by atoms with Crippen molar-refractivity contribution in [3.63, 3.8) is 0 Å². The molecule has 6 nitrogen and oxygen atoms in total. The fourth-order valence-electron chi connectivity index (χ4n) is 1.98. The molecule has 0 bridgehead atoms. The molecule has 3 heterocycles. The molecule has 0 atom stereocenters. The first-order valence-corrected chi connectivity index (χ1v) is 5.88. The summed E-state index contributed by atoms with van der Waals surface area (Å²) in [4.78, 5) is 17.7. The van der Waals surface area contributed by atoms with E-state index in [0.717, 1.165) is 31.5 Å². The van der Waals surface area contributed by atoms with Crippen molar-refractivity contribution in [2.45, 2.75) is 12.8 Å². The molecule has 2 aromatic rings. The maximum absolute atomic E-state index is 12.0. The minimum atomic E-state index is -0.180. The largest absolute Gasteiger partial charge is 0.412 e. The van der Waals surface area contributed by atoms with Gasteiger partial charge in [-0.05, 0) is 25.0 Å². The molecule has 0 saturated carbocycles. The van der Waals surface area contributed by atoms with E-state index in [1.807, 2.05) is 0 Å². The topological polar surface area (TPSA) is 72.1 Å². The Labute approximate surface area is 104 Å². The predicted octanol–water partition coefficient (Wildman–Crippen LogP) is 1.37. The zero-order valence-electron chi connectivity index (χ0n) is 9.74. The number of hydrogen-bond acceptors (Lipinski definition) is 5. The molecular formula is C12H12N4O2. The SMILES string of the molecule is O=C(c1nnc(-c2ccncc2)o1)N1CCCC1. The van der Waals surface area contributed by atoms with Crippen LogP contribution in [0.25, 0.3) is 11.5 Å². The first kappa shape index (κ1) is 10.9. The summed E-state index contributed by atoms with van der Waals surface area (Å²) in [5, 5.41) is 7.70. The fourth-order valence-corrected chi connectivity index (χ4v) is 1.98. The van der Waals surface area contributed by atoms with Crippen LogP contribution in [0, 0.1) is 0 Å². The summed E-state index contributed by atoms with van der Waals surface area (Å²) in [6.07, 6.45) is 5.36. The van der Waals surface area contributed by atoms with Gasteiger partial charge in [0.1, 0.15) is 0 Å². The zero-order chi connectivity index (χ0) is 12.4. The van der Waals surface area contributed by atoms with E-state index < -0.39 is 0 Å². The van der Waals surface area contributed by atoms with Crippen molar-refractivity contribution in [3.05, 3.63) is 30.4 Å². The summed E-state index contributed by atoms with van der Waals surface area (Å²) in [7, 11) is 0. The van der Waals surface area contributed by atoms with E-state index in [-0.39, 0.29) is 11.8 Å². The number of likely N-dealkylation sites (tertiary alicyclic amines) is 1. The highest BCUT2D eigenvalue weighted by atomic mass is 16.4. The van der Waals surface area contributed by atoms with Crippen LogP contribution < -0.4 is 0 Å². The molecule has 1 fully saturated rings. The summed E-state index contributed by atoms with van der Waals surface area (Å²) >= 11 is 0. The van der Waals surface area contributed by atoms with Gasteiger partial charge in [0, 0.05) is 31.0 Å². The van der Waals surface area contributed by atoms with E-state index >= 15 is 0 Å². The Kier molecular flexibility index (Phi) is 2.76. The summed E-state index contributed by atoms with van der Waals surface area (Å²) in [6, 6.07) is 3.52. The predicted molar refractivity (Wildman–Crippen MR) is 62.7 cm³/mol. The molecule has 1 amide bonds. The Balaban J connectivity index is 1.83. The first-order chi connectivity index (χ1) is 8.84. The third kappa shape index (κ3) is 1.97. The van der Waals surface area contributed by atoms with E-state index in [2.05, 4.69) is 15.2 Å². The lowest BCUT2D eigenvalue weighted by molar-refractivity contribution is 0.0754. The highest BCUT2D eigenvalue weighted by molar-refractivity contribution is 5.89. The Morgan fingerprint density at radius 3 is 2.61 bits per heavy atom. The van der Waals surface area contributed by atoms with Gasteiger partial charge in [-0.1, -0.05) is 0 Å². The van der Waals surface area contributed by atoms with E-state index in [0.29, 0.717) is 5.89 Å². The van der Waals surface area contributed by atoms with E-state index in [9.17, 15) is 4.79 Å². The minimum Gasteiger partial charge on any atom is -0.412 e. The Bertz CT molecular complexity index is 546. The number of hydrogen-bond donors (Lipinski definition) is 0. The Morgan fingerprint density at radius 1 is 1.17 bits per heavy atom. The van der Waals surface area contributed by atoms with Crippen LogP contribution in [0.1, 0.15) is 23.5 Å². The fraction of sp³-hybridized carbons (Fsp3) is 0.333. The van der Waals surface area contributed by atoms with Gasteiger partial charge in [0.15, 0.2) is 0 Å². The average molecular weight is 244 g/mol. The molecule has 3 rings (SSSR count). The maximum Gasteiger partial charge on any atom is 0.311 e. The van der Waals surface area contributed by atoms with Gasteiger partial charge < -0.3 is 9.32 Å². The molecule has 18 heavy (non-hydrogen) atoms. The average Bonchev–Trinajstić information content (AvgIpc) is 3.10. The highest BCUT2D eigenvalue weighted by Crippen LogP contribution is 2.18. The van der Waals surface area contributed by atoms with Crippen molar-refractivity contribution >= 4 is 5.91 Å². The van der Waals surface area contributed by atoms with Crippen molar-refractivity contribution in [1.29, 1.82) is 0 Å². The van der Waals surface area contributed by atoms with Crippen LogP contribution in [0.15, 0.2) is 28.9 Å². The number of pyridine rings is 1. The molecule has 0 aromatic carbocycles. The van der Waals surface area contributed by atoms with Gasteiger partial charge in [0.25, 0.3) is 0 Å². The number of amides is 1. The minimum absolute atomic E-state index is 0.0590. The highest BCUT2D eigenvalue weighted by Gasteiger charge is 2.24. The second-order valence-corrected chi connectivity index (χ2v) is 4.15. The van der Waals surface area contributed by atoms with Crippen LogP contribution in [0.2, 0.25) is 0 Å². The lowest BCUT2D eigenvalue weighted by atomic mass is 10.3. The molecule has 2 aromatic heterocycles. The van der Waals surface area contributed by atoms with Crippen LogP contribution >= 0.6 is 0 Å². The van der Waals surface area contributed by atoms with Crippen LogP contribution in [0.3, 0.4) is 0 Å². The summed E-state index contributed by atoms with van der Waals surface area (Å²) in [5.41, 5.74) is 0.762. The smallest absolute Gasteiger partial charge is 0.311 e. The quantitative estimate of drug-likeness (QED) is 0.797. The second-order valence-electron chi connectivity index (χ2n) is 4.15. The molecule has 1 aliphatic rings. The molecular weight excluding hydrogens is 232 g/mol. The van der Waals surface area contributed by atoms with Crippen LogP contribution in [0.5, 0.6) is 0 Å². The molecule has 1 aliphatic heterocycles. The maximum atomic E-state index is 12.0. The monoisotopic (exact) mass is 244 g/mol. The van der Waals surface area contributed by atoms with E-state index in [1.165, 1.54) is 0 Å². The molecule has 0 radical (unpaired) electrons. The normalized spacial score (nSPS) is 15.0. The number of carbonyl (C=O) groups is 1. The number of nitrogens with zero attached hydrogens (tertiary/aromatic N) is 4. The van der Waals surface area contributed by atoms with Crippen LogP contribution in [-0.4, -0.2) is 39.1 Å². The van der Waals surface area contributed by atoms with Gasteiger partial charge in [-0.25, -0.2) is 0 Å². The summed E-state index contributed by atoms with van der Waals surface area (Å²) in [5.74, 6) is 0.226. The van der Waals surface area contributed by atoms with Crippen molar-refractivity contribution in [2.24, 2.45) is 0 Å². The Morgan fingerprint density at radius 2 is 1.89 bits per heavy atom. The summed E-state index contributed by atoms with van der Waals surface area (Å²) in [6.45, 7) is 1.54. The number of aromatic nitrogens is 3. The van der Waals surface area contributed by atoms with Gasteiger partial charge >= 0.3 is 11.8 Å². The van der Waals surface area contributed by atoms with Gasteiger partial charge in [-0.15, -0.1) is 10.2 Å². The van der Waals surface area contributed by atoms with Crippen molar-refractivity contribution < 1.29 is 9.21 Å². The molecule has 6 heteroatoms. The number of rotatable bonds is 2. The lowest BCUT2D eigenvalue weighted by Crippen LogP contribution is -2.27. The molecule has 1 saturated heterocycles. The second kappa shape index (κ2) is 4.56. The van der Waals surface area contributed by atoms with Gasteiger partial charge in [0.2, 0.25) is 5.89 Å². The standard InChI is InChI=1S/C12H12N4O2/c17-12(16-7-1-2-8-16)11-15-14-10(18-11)9-3-5-13-6-4-9/h3-6H,1-2,7-8H2. The van der Waals surface area contributed by atoms with Crippen molar-refractivity contribution in [1.82, 2.24) is 20.1 Å². The third-order valence-electron chi connectivity index (χ3n) is 2.93. The van der Waals surface area contributed by atoms with Crippen molar-refractivity contribution in [2.75, 3.05) is 13.1 Å². The number of carbonyl (C=O) groups excluding carboxylic acids is 1. The van der Waals surface area contributed by atoms with E-state index in [4.69, 9.17) is 4.42 Å². The van der Waals surface area contributed by atoms with Crippen molar-refractivity contribution in [3.8, 4) is 11.5 Å². The van der Waals surface area contributed by atoms with Gasteiger partial charge in [0.05, 0.1) is 0 Å². The lowest BCUT2D eigenvalue weighted by Gasteiger charge is -2.11. The molecule has 0 N–H and O–H groups in total. The van der Waals surface area contributed by atoms with Gasteiger partial charge in [-0.2, -0.15) is 0 Å². The molecule has 0 unspecified atom stereocenters. The molecule has 92 valence electrons. The molecule has 0 aliphatic carbocycles.